The largest absolute Gasteiger partial charge is 0.469 e. The van der Waals surface area contributed by atoms with Crippen molar-refractivity contribution in [2.45, 2.75) is 33.7 Å². The Hall–Kier alpha value is -1.44. The van der Waals surface area contributed by atoms with Crippen LogP contribution < -0.4 is 5.32 Å². The van der Waals surface area contributed by atoms with Crippen molar-refractivity contribution in [1.82, 2.24) is 10.2 Å². The lowest BCUT2D eigenvalue weighted by molar-refractivity contribution is 0.456. The summed E-state index contributed by atoms with van der Waals surface area (Å²) in [4.78, 5) is 6.85. The molecule has 0 aliphatic carbocycles. The first-order chi connectivity index (χ1) is 11.1. The molecule has 0 bridgehead atoms. The number of guanidine groups is 1. The van der Waals surface area contributed by atoms with Gasteiger partial charge in [-0.3, -0.25) is 4.99 Å². The number of nitrogens with one attached hydrogen (secondary N) is 1. The fourth-order valence-corrected chi connectivity index (χ4v) is 2.24. The summed E-state index contributed by atoms with van der Waals surface area (Å²) in [5, 5.41) is 3.43. The Kier molecular flexibility index (Phi) is 8.95. The highest BCUT2D eigenvalue weighted by Crippen LogP contribution is 2.11. The molecule has 134 valence electrons. The van der Waals surface area contributed by atoms with Gasteiger partial charge in [-0.1, -0.05) is 13.8 Å². The smallest absolute Gasteiger partial charge is 0.193 e. The number of aryl methyl sites for hydroxylation is 1. The van der Waals surface area contributed by atoms with E-state index in [-0.39, 0.29) is 24.0 Å². The van der Waals surface area contributed by atoms with Crippen LogP contribution in [0.4, 0.5) is 0 Å². The summed E-state index contributed by atoms with van der Waals surface area (Å²) in [5.74, 6) is 3.37. The van der Waals surface area contributed by atoms with Gasteiger partial charge in [0.05, 0.1) is 12.5 Å². The van der Waals surface area contributed by atoms with Crippen molar-refractivity contribution in [2.24, 2.45) is 10.9 Å². The summed E-state index contributed by atoms with van der Waals surface area (Å²) in [5.41, 5.74) is 1.18. The van der Waals surface area contributed by atoms with Crippen molar-refractivity contribution in [3.63, 3.8) is 0 Å². The second-order valence-electron chi connectivity index (χ2n) is 6.17. The molecule has 2 aromatic rings. The monoisotopic (exact) mass is 445 g/mol. The quantitative estimate of drug-likeness (QED) is 0.397. The minimum absolute atomic E-state index is 0. The van der Waals surface area contributed by atoms with Crippen molar-refractivity contribution in [2.75, 3.05) is 20.1 Å². The van der Waals surface area contributed by atoms with E-state index in [9.17, 15) is 0 Å². The fraction of sp³-hybridized carbons (Fsp3) is 0.500. The summed E-state index contributed by atoms with van der Waals surface area (Å²) < 4.78 is 10.7. The first-order valence-corrected chi connectivity index (χ1v) is 8.11. The molecule has 0 radical (unpaired) electrons. The predicted molar refractivity (Wildman–Crippen MR) is 108 cm³/mol. The van der Waals surface area contributed by atoms with E-state index in [1.54, 1.807) is 12.5 Å². The molecule has 0 aromatic carbocycles. The maximum atomic E-state index is 5.37. The molecule has 24 heavy (non-hydrogen) atoms. The van der Waals surface area contributed by atoms with Gasteiger partial charge in [-0.15, -0.1) is 24.0 Å². The van der Waals surface area contributed by atoms with E-state index in [0.717, 1.165) is 43.5 Å². The van der Waals surface area contributed by atoms with Gasteiger partial charge in [0.25, 0.3) is 0 Å². The minimum Gasteiger partial charge on any atom is -0.469 e. The van der Waals surface area contributed by atoms with Gasteiger partial charge in [0, 0.05) is 38.7 Å². The van der Waals surface area contributed by atoms with Crippen molar-refractivity contribution >= 4 is 29.9 Å². The van der Waals surface area contributed by atoms with Gasteiger partial charge in [0.15, 0.2) is 5.96 Å². The summed E-state index contributed by atoms with van der Waals surface area (Å²) in [6, 6.07) is 5.91. The SMILES string of the molecule is Cc1occc1CN(C)C(=NCC(C)C)NCCc1ccco1.I. The molecule has 6 heteroatoms. The highest BCUT2D eigenvalue weighted by atomic mass is 127. The average Bonchev–Trinajstić information content (AvgIpc) is 3.15. The molecular formula is C18H28IN3O2. The molecule has 2 heterocycles. The van der Waals surface area contributed by atoms with E-state index >= 15 is 0 Å². The Morgan fingerprint density at radius 1 is 1.25 bits per heavy atom. The third-order valence-electron chi connectivity index (χ3n) is 3.58. The molecule has 2 rings (SSSR count). The molecule has 0 amide bonds. The summed E-state index contributed by atoms with van der Waals surface area (Å²) in [7, 11) is 2.05. The molecule has 1 N–H and O–H groups in total. The Morgan fingerprint density at radius 3 is 2.62 bits per heavy atom. The van der Waals surface area contributed by atoms with Crippen LogP contribution in [0.3, 0.4) is 0 Å². The van der Waals surface area contributed by atoms with Crippen LogP contribution in [0.5, 0.6) is 0 Å². The molecule has 0 aliphatic heterocycles. The molecule has 2 aromatic heterocycles. The second kappa shape index (κ2) is 10.4. The molecular weight excluding hydrogens is 417 g/mol. The summed E-state index contributed by atoms with van der Waals surface area (Å²) in [6.07, 6.45) is 4.27. The minimum atomic E-state index is 0. The van der Waals surface area contributed by atoms with E-state index in [0.29, 0.717) is 5.92 Å². The van der Waals surface area contributed by atoms with Gasteiger partial charge in [0.2, 0.25) is 0 Å². The predicted octanol–water partition coefficient (Wildman–Crippen LogP) is 4.08. The summed E-state index contributed by atoms with van der Waals surface area (Å²) >= 11 is 0. The number of hydrogen-bond donors (Lipinski definition) is 1. The van der Waals surface area contributed by atoms with Crippen molar-refractivity contribution in [3.05, 3.63) is 47.8 Å². The molecule has 0 atom stereocenters. The van der Waals surface area contributed by atoms with Crippen LogP contribution in [0.2, 0.25) is 0 Å². The van der Waals surface area contributed by atoms with Crippen LogP contribution in [0, 0.1) is 12.8 Å². The third kappa shape index (κ3) is 6.59. The number of hydrogen-bond acceptors (Lipinski definition) is 3. The molecule has 0 spiro atoms. The average molecular weight is 445 g/mol. The molecule has 0 saturated carbocycles. The number of halogens is 1. The van der Waals surface area contributed by atoms with E-state index in [1.165, 1.54) is 5.56 Å². The topological polar surface area (TPSA) is 53.9 Å². The summed E-state index contributed by atoms with van der Waals surface area (Å²) in [6.45, 7) is 8.69. The molecule has 0 fully saturated rings. The maximum Gasteiger partial charge on any atom is 0.193 e. The van der Waals surface area contributed by atoms with E-state index in [1.807, 2.05) is 32.2 Å². The van der Waals surface area contributed by atoms with Crippen molar-refractivity contribution < 1.29 is 8.83 Å². The van der Waals surface area contributed by atoms with Crippen LogP contribution in [0.25, 0.3) is 0 Å². The van der Waals surface area contributed by atoms with E-state index < -0.39 is 0 Å². The van der Waals surface area contributed by atoms with Crippen LogP contribution in [-0.4, -0.2) is 31.0 Å². The van der Waals surface area contributed by atoms with Gasteiger partial charge in [-0.25, -0.2) is 0 Å². The van der Waals surface area contributed by atoms with Crippen LogP contribution in [-0.2, 0) is 13.0 Å². The fourth-order valence-electron chi connectivity index (χ4n) is 2.24. The standard InChI is InChI=1S/C18H27N3O2.HI/c1-14(2)12-20-18(19-9-7-17-6-5-10-23-17)21(4)13-16-8-11-22-15(16)3;/h5-6,8,10-11,14H,7,9,12-13H2,1-4H3,(H,19,20);1H. The Labute approximate surface area is 161 Å². The van der Waals surface area contributed by atoms with Crippen LogP contribution in [0.1, 0.15) is 30.9 Å². The Bertz CT molecular complexity index is 606. The maximum absolute atomic E-state index is 5.37. The molecule has 0 aliphatic rings. The van der Waals surface area contributed by atoms with Gasteiger partial charge >= 0.3 is 0 Å². The highest BCUT2D eigenvalue weighted by molar-refractivity contribution is 14.0. The number of furan rings is 2. The lowest BCUT2D eigenvalue weighted by Crippen LogP contribution is -2.39. The lowest BCUT2D eigenvalue weighted by atomic mass is 10.2. The second-order valence-corrected chi connectivity index (χ2v) is 6.17. The van der Waals surface area contributed by atoms with Gasteiger partial charge in [-0.2, -0.15) is 0 Å². The zero-order chi connectivity index (χ0) is 16.7. The zero-order valence-electron chi connectivity index (χ0n) is 14.9. The normalized spacial score (nSPS) is 11.5. The first-order valence-electron chi connectivity index (χ1n) is 8.11. The van der Waals surface area contributed by atoms with E-state index in [4.69, 9.17) is 13.8 Å². The van der Waals surface area contributed by atoms with Gasteiger partial charge < -0.3 is 19.1 Å². The Balaban J connectivity index is 0.00000288. The number of rotatable bonds is 7. The first kappa shape index (κ1) is 20.6. The van der Waals surface area contributed by atoms with Crippen molar-refractivity contribution in [1.29, 1.82) is 0 Å². The molecule has 0 saturated heterocycles. The van der Waals surface area contributed by atoms with Gasteiger partial charge in [0.1, 0.15) is 11.5 Å². The lowest BCUT2D eigenvalue weighted by Gasteiger charge is -2.22. The van der Waals surface area contributed by atoms with Gasteiger partial charge in [-0.05, 0) is 31.0 Å². The van der Waals surface area contributed by atoms with Crippen LogP contribution >= 0.6 is 24.0 Å². The number of nitrogens with zero attached hydrogens (tertiary/aromatic N) is 2. The molecule has 0 unspecified atom stereocenters. The Morgan fingerprint density at radius 2 is 2.04 bits per heavy atom. The van der Waals surface area contributed by atoms with Crippen LogP contribution in [0.15, 0.2) is 44.6 Å². The van der Waals surface area contributed by atoms with E-state index in [2.05, 4.69) is 24.1 Å². The van der Waals surface area contributed by atoms with Crippen molar-refractivity contribution in [3.8, 4) is 0 Å². The zero-order valence-corrected chi connectivity index (χ0v) is 17.2. The third-order valence-corrected chi connectivity index (χ3v) is 3.58. The number of aliphatic imine (C=N–C) groups is 1. The highest BCUT2D eigenvalue weighted by Gasteiger charge is 2.10. The molecule has 5 nitrogen and oxygen atoms in total.